The first kappa shape index (κ1) is 9.38. The van der Waals surface area contributed by atoms with Crippen molar-refractivity contribution in [3.63, 3.8) is 0 Å². The Kier molecular flexibility index (Phi) is 2.74. The molecule has 0 aliphatic heterocycles. The van der Waals surface area contributed by atoms with E-state index in [4.69, 9.17) is 5.11 Å². The van der Waals surface area contributed by atoms with Crippen LogP contribution in [0.5, 0.6) is 0 Å². The van der Waals surface area contributed by atoms with E-state index in [2.05, 4.69) is 0 Å². The number of halogens is 2. The minimum absolute atomic E-state index is 0.180. The molecule has 1 rings (SSSR count). The van der Waals surface area contributed by atoms with Gasteiger partial charge in [-0.25, -0.2) is 13.6 Å². The lowest BCUT2D eigenvalue weighted by Crippen LogP contribution is -1.87. The van der Waals surface area contributed by atoms with Gasteiger partial charge in [-0.1, -0.05) is 0 Å². The first-order valence-corrected chi connectivity index (χ1v) is 3.45. The van der Waals surface area contributed by atoms with Gasteiger partial charge in [0.2, 0.25) is 0 Å². The summed E-state index contributed by atoms with van der Waals surface area (Å²) in [4.78, 5) is 10.1. The Hall–Kier alpha value is -1.71. The van der Waals surface area contributed by atoms with E-state index in [1.807, 2.05) is 0 Å². The Morgan fingerprint density at radius 2 is 1.77 bits per heavy atom. The highest BCUT2D eigenvalue weighted by atomic mass is 19.1. The number of benzene rings is 1. The number of carbonyl (C=O) groups is 1. The summed E-state index contributed by atoms with van der Waals surface area (Å²) < 4.78 is 25.1. The highest BCUT2D eigenvalue weighted by molar-refractivity contribution is 5.85. The topological polar surface area (TPSA) is 37.3 Å². The normalized spacial score (nSPS) is 10.6. The van der Waals surface area contributed by atoms with E-state index in [0.29, 0.717) is 0 Å². The van der Waals surface area contributed by atoms with Gasteiger partial charge >= 0.3 is 5.97 Å². The third-order valence-electron chi connectivity index (χ3n) is 1.30. The Labute approximate surface area is 73.1 Å². The molecule has 1 aromatic rings. The molecule has 4 heteroatoms. The maximum Gasteiger partial charge on any atom is 0.328 e. The van der Waals surface area contributed by atoms with Gasteiger partial charge in [0, 0.05) is 12.1 Å². The molecular weight excluding hydrogens is 178 g/mol. The van der Waals surface area contributed by atoms with Crippen molar-refractivity contribution in [3.05, 3.63) is 41.5 Å². The second-order valence-corrected chi connectivity index (χ2v) is 2.37. The Balaban J connectivity index is 2.95. The van der Waals surface area contributed by atoms with Crippen molar-refractivity contribution in [1.82, 2.24) is 0 Å². The molecule has 0 fully saturated rings. The monoisotopic (exact) mass is 184 g/mol. The predicted molar refractivity (Wildman–Crippen MR) is 43.0 cm³/mol. The molecule has 1 N–H and O–H groups in total. The summed E-state index contributed by atoms with van der Waals surface area (Å²) in [7, 11) is 0. The van der Waals surface area contributed by atoms with Crippen LogP contribution in [-0.2, 0) is 4.79 Å². The lowest BCUT2D eigenvalue weighted by atomic mass is 10.2. The van der Waals surface area contributed by atoms with Gasteiger partial charge < -0.3 is 5.11 Å². The summed E-state index contributed by atoms with van der Waals surface area (Å²) in [5.74, 6) is -2.63. The van der Waals surface area contributed by atoms with Crippen LogP contribution in [0.3, 0.4) is 0 Å². The summed E-state index contributed by atoms with van der Waals surface area (Å²) in [6.45, 7) is 0. The zero-order chi connectivity index (χ0) is 9.84. The zero-order valence-electron chi connectivity index (χ0n) is 6.50. The van der Waals surface area contributed by atoms with E-state index < -0.39 is 17.6 Å². The summed E-state index contributed by atoms with van der Waals surface area (Å²) >= 11 is 0. The van der Waals surface area contributed by atoms with Crippen LogP contribution in [0.1, 0.15) is 5.56 Å². The molecule has 0 amide bonds. The van der Waals surface area contributed by atoms with Crippen LogP contribution in [0.15, 0.2) is 24.3 Å². The SMILES string of the molecule is O=C(O)/C=C/c1cc(F)cc(F)c1. The summed E-state index contributed by atoms with van der Waals surface area (Å²) in [5, 5.41) is 8.24. The molecule has 0 heterocycles. The van der Waals surface area contributed by atoms with Crippen LogP contribution in [-0.4, -0.2) is 11.1 Å². The number of carboxylic acids is 1. The second kappa shape index (κ2) is 3.80. The van der Waals surface area contributed by atoms with E-state index >= 15 is 0 Å². The number of hydrogen-bond donors (Lipinski definition) is 1. The lowest BCUT2D eigenvalue weighted by Gasteiger charge is -1.93. The van der Waals surface area contributed by atoms with Crippen molar-refractivity contribution < 1.29 is 18.7 Å². The van der Waals surface area contributed by atoms with Gasteiger partial charge in [-0.05, 0) is 23.8 Å². The first-order chi connectivity index (χ1) is 6.08. The highest BCUT2D eigenvalue weighted by Crippen LogP contribution is 2.09. The molecule has 0 spiro atoms. The molecule has 1 aromatic carbocycles. The number of hydrogen-bond acceptors (Lipinski definition) is 1. The van der Waals surface area contributed by atoms with E-state index in [0.717, 1.165) is 30.4 Å². The summed E-state index contributed by atoms with van der Waals surface area (Å²) in [6, 6.07) is 2.81. The molecule has 0 aliphatic rings. The molecular formula is C9H6F2O2. The minimum atomic E-state index is -1.16. The molecule has 13 heavy (non-hydrogen) atoms. The van der Waals surface area contributed by atoms with Gasteiger partial charge in [-0.3, -0.25) is 0 Å². The number of rotatable bonds is 2. The highest BCUT2D eigenvalue weighted by Gasteiger charge is 1.97. The summed E-state index contributed by atoms with van der Waals surface area (Å²) in [5.41, 5.74) is 0.180. The summed E-state index contributed by atoms with van der Waals surface area (Å²) in [6.07, 6.45) is 1.93. The predicted octanol–water partition coefficient (Wildman–Crippen LogP) is 2.06. The molecule has 0 saturated carbocycles. The molecule has 68 valence electrons. The third-order valence-corrected chi connectivity index (χ3v) is 1.30. The average molecular weight is 184 g/mol. The molecule has 0 radical (unpaired) electrons. The van der Waals surface area contributed by atoms with Crippen LogP contribution < -0.4 is 0 Å². The molecule has 0 atom stereocenters. The van der Waals surface area contributed by atoms with Crippen LogP contribution >= 0.6 is 0 Å². The van der Waals surface area contributed by atoms with E-state index in [-0.39, 0.29) is 5.56 Å². The van der Waals surface area contributed by atoms with Crippen LogP contribution in [0.2, 0.25) is 0 Å². The zero-order valence-corrected chi connectivity index (χ0v) is 6.50. The molecule has 0 aliphatic carbocycles. The van der Waals surface area contributed by atoms with Crippen molar-refractivity contribution in [2.45, 2.75) is 0 Å². The van der Waals surface area contributed by atoms with Crippen molar-refractivity contribution in [1.29, 1.82) is 0 Å². The van der Waals surface area contributed by atoms with Gasteiger partial charge in [0.25, 0.3) is 0 Å². The second-order valence-electron chi connectivity index (χ2n) is 2.37. The first-order valence-electron chi connectivity index (χ1n) is 3.45. The van der Waals surface area contributed by atoms with Crippen molar-refractivity contribution >= 4 is 12.0 Å². The van der Waals surface area contributed by atoms with Crippen LogP contribution in [0.4, 0.5) is 8.78 Å². The lowest BCUT2D eigenvalue weighted by molar-refractivity contribution is -0.131. The minimum Gasteiger partial charge on any atom is -0.478 e. The van der Waals surface area contributed by atoms with Gasteiger partial charge in [-0.15, -0.1) is 0 Å². The molecule has 0 bridgehead atoms. The van der Waals surface area contributed by atoms with Gasteiger partial charge in [-0.2, -0.15) is 0 Å². The fourth-order valence-electron chi connectivity index (χ4n) is 0.839. The third kappa shape index (κ3) is 3.02. The number of aliphatic carboxylic acids is 1. The van der Waals surface area contributed by atoms with Gasteiger partial charge in [0.15, 0.2) is 0 Å². The Morgan fingerprint density at radius 1 is 1.23 bits per heavy atom. The molecule has 2 nitrogen and oxygen atoms in total. The average Bonchev–Trinajstić information content (AvgIpc) is 1.99. The molecule has 0 aromatic heterocycles. The standard InChI is InChI=1S/C9H6F2O2/c10-7-3-6(1-2-9(12)13)4-8(11)5-7/h1-5H,(H,12,13)/b2-1+. The number of carboxylic acid groups (broad SMARTS) is 1. The smallest absolute Gasteiger partial charge is 0.328 e. The van der Waals surface area contributed by atoms with Gasteiger partial charge in [0.1, 0.15) is 11.6 Å². The quantitative estimate of drug-likeness (QED) is 0.714. The van der Waals surface area contributed by atoms with Crippen molar-refractivity contribution in [2.75, 3.05) is 0 Å². The van der Waals surface area contributed by atoms with Gasteiger partial charge in [0.05, 0.1) is 0 Å². The van der Waals surface area contributed by atoms with E-state index in [1.165, 1.54) is 0 Å². The Morgan fingerprint density at radius 3 is 2.23 bits per heavy atom. The fourth-order valence-corrected chi connectivity index (χ4v) is 0.839. The largest absolute Gasteiger partial charge is 0.478 e. The van der Waals surface area contributed by atoms with Crippen molar-refractivity contribution in [2.24, 2.45) is 0 Å². The van der Waals surface area contributed by atoms with E-state index in [9.17, 15) is 13.6 Å². The molecule has 0 saturated heterocycles. The maximum atomic E-state index is 12.5. The van der Waals surface area contributed by atoms with Crippen molar-refractivity contribution in [3.8, 4) is 0 Å². The van der Waals surface area contributed by atoms with E-state index in [1.54, 1.807) is 0 Å². The van der Waals surface area contributed by atoms with Crippen LogP contribution in [0.25, 0.3) is 6.08 Å². The maximum absolute atomic E-state index is 12.5. The van der Waals surface area contributed by atoms with Crippen LogP contribution in [0, 0.1) is 11.6 Å². The molecule has 0 unspecified atom stereocenters. The Bertz CT molecular complexity index is 338. The fraction of sp³-hybridized carbons (Fsp3) is 0.